The highest BCUT2D eigenvalue weighted by Gasteiger charge is 2.44. The Kier molecular flexibility index (Phi) is 6.30. The third-order valence-electron chi connectivity index (χ3n) is 7.79. The number of nitrogens with one attached hydrogen (secondary N) is 2. The Balaban J connectivity index is 1.18. The first kappa shape index (κ1) is 23.8. The minimum absolute atomic E-state index is 0.0270. The topological polar surface area (TPSA) is 65.2 Å². The van der Waals surface area contributed by atoms with E-state index >= 15 is 0 Å². The summed E-state index contributed by atoms with van der Waals surface area (Å²) in [4.78, 5) is 31.0. The predicted octanol–water partition coefficient (Wildman–Crippen LogP) is 6.00. The molecule has 1 aliphatic carbocycles. The van der Waals surface area contributed by atoms with Gasteiger partial charge in [-0.3, -0.25) is 9.59 Å². The van der Waals surface area contributed by atoms with Gasteiger partial charge in [0.1, 0.15) is 17.3 Å². The van der Waals surface area contributed by atoms with E-state index in [-0.39, 0.29) is 28.7 Å². The van der Waals surface area contributed by atoms with Crippen LogP contribution in [-0.4, -0.2) is 34.8 Å². The molecule has 5 nitrogen and oxygen atoms in total. The zero-order valence-corrected chi connectivity index (χ0v) is 20.3. The van der Waals surface area contributed by atoms with Crippen molar-refractivity contribution in [3.63, 3.8) is 0 Å². The molecule has 2 amide bonds. The third-order valence-corrected chi connectivity index (χ3v) is 8.03. The van der Waals surface area contributed by atoms with Crippen molar-refractivity contribution >= 4 is 34.3 Å². The third kappa shape index (κ3) is 4.66. The van der Waals surface area contributed by atoms with Crippen LogP contribution in [0, 0.1) is 23.0 Å². The van der Waals surface area contributed by atoms with Gasteiger partial charge < -0.3 is 15.2 Å². The van der Waals surface area contributed by atoms with E-state index in [1.807, 2.05) is 23.1 Å². The number of rotatable bonds is 4. The summed E-state index contributed by atoms with van der Waals surface area (Å²) in [6.45, 7) is 2.88. The quantitative estimate of drug-likeness (QED) is 0.462. The Bertz CT molecular complexity index is 1260. The van der Waals surface area contributed by atoms with Gasteiger partial charge in [0.15, 0.2) is 0 Å². The lowest BCUT2D eigenvalue weighted by atomic mass is 9.76. The van der Waals surface area contributed by atoms with E-state index in [0.717, 1.165) is 43.0 Å². The molecule has 2 aliphatic rings. The molecule has 1 saturated carbocycles. The van der Waals surface area contributed by atoms with E-state index in [0.29, 0.717) is 23.8 Å². The second-order valence-electron chi connectivity index (χ2n) is 10.0. The monoisotopic (exact) mass is 499 g/mol. The summed E-state index contributed by atoms with van der Waals surface area (Å²) in [5, 5.41) is 4.37. The van der Waals surface area contributed by atoms with Gasteiger partial charge >= 0.3 is 0 Å². The van der Waals surface area contributed by atoms with Crippen molar-refractivity contribution in [3.05, 3.63) is 70.4 Å². The zero-order chi connectivity index (χ0) is 24.7. The molecule has 35 heavy (non-hydrogen) atoms. The molecule has 1 spiro atoms. The molecule has 2 N–H and O–H groups in total. The maximum Gasteiger partial charge on any atom is 0.270 e. The Morgan fingerprint density at radius 2 is 1.83 bits per heavy atom. The summed E-state index contributed by atoms with van der Waals surface area (Å²) in [5.41, 5.74) is 1.30. The summed E-state index contributed by atoms with van der Waals surface area (Å²) in [6.07, 6.45) is 4.08. The van der Waals surface area contributed by atoms with Crippen LogP contribution in [0.25, 0.3) is 10.9 Å². The van der Waals surface area contributed by atoms with Crippen molar-refractivity contribution in [1.29, 1.82) is 0 Å². The smallest absolute Gasteiger partial charge is 0.270 e. The lowest BCUT2D eigenvalue weighted by Gasteiger charge is -2.39. The lowest BCUT2D eigenvalue weighted by Crippen LogP contribution is -2.43. The number of halogens is 3. The number of carbonyl (C=O) groups excluding carboxylic acids is 2. The second kappa shape index (κ2) is 9.26. The first-order valence-corrected chi connectivity index (χ1v) is 12.4. The summed E-state index contributed by atoms with van der Waals surface area (Å²) >= 11 is 6.05. The van der Waals surface area contributed by atoms with E-state index in [9.17, 15) is 18.4 Å². The van der Waals surface area contributed by atoms with Gasteiger partial charge in [-0.1, -0.05) is 23.7 Å². The number of hydrogen-bond acceptors (Lipinski definition) is 2. The van der Waals surface area contributed by atoms with Crippen molar-refractivity contribution in [2.75, 3.05) is 13.1 Å². The van der Waals surface area contributed by atoms with Crippen LogP contribution in [0.2, 0.25) is 5.02 Å². The molecule has 2 fully saturated rings. The molecular formula is C27H28ClF2N3O2. The summed E-state index contributed by atoms with van der Waals surface area (Å²) in [6, 6.07) is 10.3. The number of hydrogen-bond donors (Lipinski definition) is 2. The summed E-state index contributed by atoms with van der Waals surface area (Å²) in [5.74, 6) is -1.69. The van der Waals surface area contributed by atoms with Crippen molar-refractivity contribution < 1.29 is 18.4 Å². The number of H-pyrrole nitrogens is 1. The molecule has 2 heterocycles. The maximum absolute atomic E-state index is 14.1. The fraction of sp³-hybridized carbons (Fsp3) is 0.407. The van der Waals surface area contributed by atoms with Gasteiger partial charge in [-0.25, -0.2) is 8.78 Å². The molecule has 0 radical (unpaired) electrons. The molecule has 3 aromatic rings. The van der Waals surface area contributed by atoms with Gasteiger partial charge in [-0.15, -0.1) is 0 Å². The Morgan fingerprint density at radius 3 is 2.54 bits per heavy atom. The summed E-state index contributed by atoms with van der Waals surface area (Å²) < 4.78 is 28.2. The van der Waals surface area contributed by atoms with Crippen molar-refractivity contribution in [2.24, 2.45) is 11.3 Å². The molecule has 184 valence electrons. The van der Waals surface area contributed by atoms with Gasteiger partial charge in [-0.05, 0) is 74.8 Å². The minimum atomic E-state index is -0.745. The minimum Gasteiger partial charge on any atom is -0.350 e. The number of fused-ring (bicyclic) bond motifs is 1. The highest BCUT2D eigenvalue weighted by atomic mass is 35.5. The standard InChI is InChI=1S/C27H28ClF2N3O2/c1-16(24-20(29)3-2-4-21(24)30)31-25(34)18-7-8-27(15-18)9-11-33(12-10-27)26(35)23-13-17-5-6-19(28)14-22(17)32-23/h2-6,13-14,16,18,32H,7-12,15H2,1H3,(H,31,34). The molecule has 1 aliphatic heterocycles. The van der Waals surface area contributed by atoms with E-state index in [1.54, 1.807) is 13.0 Å². The molecule has 5 rings (SSSR count). The Labute approximate surface area is 207 Å². The van der Waals surface area contributed by atoms with Crippen LogP contribution in [-0.2, 0) is 4.79 Å². The Hall–Kier alpha value is -2.93. The maximum atomic E-state index is 14.1. The highest BCUT2D eigenvalue weighted by Crippen LogP contribution is 2.49. The van der Waals surface area contributed by atoms with Crippen molar-refractivity contribution in [3.8, 4) is 0 Å². The molecular weight excluding hydrogens is 472 g/mol. The highest BCUT2D eigenvalue weighted by molar-refractivity contribution is 6.31. The first-order valence-electron chi connectivity index (χ1n) is 12.1. The van der Waals surface area contributed by atoms with Gasteiger partial charge in [-0.2, -0.15) is 0 Å². The van der Waals surface area contributed by atoms with Crippen LogP contribution >= 0.6 is 11.6 Å². The van der Waals surface area contributed by atoms with Gasteiger partial charge in [0.25, 0.3) is 5.91 Å². The van der Waals surface area contributed by atoms with Crippen LogP contribution < -0.4 is 5.32 Å². The molecule has 8 heteroatoms. The van der Waals surface area contributed by atoms with E-state index in [4.69, 9.17) is 11.6 Å². The fourth-order valence-corrected chi connectivity index (χ4v) is 5.95. The average molecular weight is 500 g/mol. The van der Waals surface area contributed by atoms with Gasteiger partial charge in [0.2, 0.25) is 5.91 Å². The number of aromatic nitrogens is 1. The van der Waals surface area contributed by atoms with Crippen molar-refractivity contribution in [2.45, 2.75) is 45.1 Å². The zero-order valence-electron chi connectivity index (χ0n) is 19.5. The van der Waals surface area contributed by atoms with Crippen molar-refractivity contribution in [1.82, 2.24) is 15.2 Å². The lowest BCUT2D eigenvalue weighted by molar-refractivity contribution is -0.125. The SMILES string of the molecule is CC(NC(=O)C1CCC2(CCN(C(=O)c3cc4ccc(Cl)cc4[nH]3)CC2)C1)c1c(F)cccc1F. The van der Waals surface area contributed by atoms with E-state index < -0.39 is 17.7 Å². The van der Waals surface area contributed by atoms with Crippen LogP contribution in [0.1, 0.15) is 61.1 Å². The molecule has 1 saturated heterocycles. The molecule has 2 atom stereocenters. The van der Waals surface area contributed by atoms with Crippen LogP contribution in [0.5, 0.6) is 0 Å². The number of piperidine rings is 1. The van der Waals surface area contributed by atoms with Crippen LogP contribution in [0.4, 0.5) is 8.78 Å². The van der Waals surface area contributed by atoms with E-state index in [2.05, 4.69) is 10.3 Å². The Morgan fingerprint density at radius 1 is 1.11 bits per heavy atom. The number of amides is 2. The number of carbonyl (C=O) groups is 2. The fourth-order valence-electron chi connectivity index (χ4n) is 5.78. The number of likely N-dealkylation sites (tertiary alicyclic amines) is 1. The molecule has 2 aromatic carbocycles. The first-order chi connectivity index (χ1) is 16.7. The predicted molar refractivity (Wildman–Crippen MR) is 131 cm³/mol. The van der Waals surface area contributed by atoms with Crippen LogP contribution in [0.3, 0.4) is 0 Å². The number of aromatic amines is 1. The van der Waals surface area contributed by atoms with Crippen LogP contribution in [0.15, 0.2) is 42.5 Å². The second-order valence-corrected chi connectivity index (χ2v) is 10.4. The largest absolute Gasteiger partial charge is 0.350 e. The number of nitrogens with zero attached hydrogens (tertiary/aromatic N) is 1. The van der Waals surface area contributed by atoms with E-state index in [1.165, 1.54) is 18.2 Å². The van der Waals surface area contributed by atoms with Gasteiger partial charge in [0, 0.05) is 40.5 Å². The van der Waals surface area contributed by atoms with Gasteiger partial charge in [0.05, 0.1) is 6.04 Å². The average Bonchev–Trinajstić information content (AvgIpc) is 3.43. The number of benzene rings is 2. The molecule has 2 unspecified atom stereocenters. The molecule has 0 bridgehead atoms. The normalized spacial score (nSPS) is 20.3. The summed E-state index contributed by atoms with van der Waals surface area (Å²) in [7, 11) is 0. The molecule has 1 aromatic heterocycles.